The van der Waals surface area contributed by atoms with Crippen molar-refractivity contribution in [1.29, 1.82) is 0 Å². The number of rotatable bonds is 6. The molecule has 1 unspecified atom stereocenters. The van der Waals surface area contributed by atoms with Gasteiger partial charge in [-0.05, 0) is 5.56 Å². The van der Waals surface area contributed by atoms with Gasteiger partial charge in [-0.3, -0.25) is 9.69 Å². The molecule has 0 amide bonds. The van der Waals surface area contributed by atoms with Gasteiger partial charge in [0, 0.05) is 38.4 Å². The van der Waals surface area contributed by atoms with E-state index in [0.717, 1.165) is 18.8 Å². The third kappa shape index (κ3) is 4.21. The number of aliphatic carboxylic acids is 1. The maximum Gasteiger partial charge on any atom is 0.306 e. The van der Waals surface area contributed by atoms with Gasteiger partial charge in [-0.2, -0.15) is 0 Å². The molecule has 24 heavy (non-hydrogen) atoms. The number of imidazole rings is 1. The Balaban J connectivity index is 1.62. The van der Waals surface area contributed by atoms with Crippen LogP contribution in [0.4, 0.5) is 0 Å². The molecule has 1 atom stereocenters. The summed E-state index contributed by atoms with van der Waals surface area (Å²) in [6, 6.07) is 10.3. The van der Waals surface area contributed by atoms with E-state index in [0.29, 0.717) is 19.7 Å². The quantitative estimate of drug-likeness (QED) is 0.873. The first-order valence-electron chi connectivity index (χ1n) is 8.21. The number of carboxylic acid groups (broad SMARTS) is 1. The predicted octanol–water partition coefficient (Wildman–Crippen LogP) is 1.69. The summed E-state index contributed by atoms with van der Waals surface area (Å²) in [5, 5.41) is 8.91. The minimum absolute atomic E-state index is 0.0519. The first kappa shape index (κ1) is 16.7. The van der Waals surface area contributed by atoms with E-state index < -0.39 is 5.97 Å². The second-order valence-electron chi connectivity index (χ2n) is 6.21. The van der Waals surface area contributed by atoms with Crippen LogP contribution >= 0.6 is 0 Å². The summed E-state index contributed by atoms with van der Waals surface area (Å²) in [6.07, 6.45) is 2.60. The number of hydrogen-bond donors (Lipinski definition) is 1. The minimum atomic E-state index is -0.816. The minimum Gasteiger partial charge on any atom is -0.481 e. The van der Waals surface area contributed by atoms with Crippen molar-refractivity contribution in [1.82, 2.24) is 14.5 Å². The van der Waals surface area contributed by atoms with E-state index in [9.17, 15) is 4.79 Å². The lowest BCUT2D eigenvalue weighted by Gasteiger charge is -2.31. The van der Waals surface area contributed by atoms with Crippen LogP contribution in [0.5, 0.6) is 0 Å². The monoisotopic (exact) mass is 329 g/mol. The number of carboxylic acids is 1. The van der Waals surface area contributed by atoms with Gasteiger partial charge in [0.25, 0.3) is 0 Å². The lowest BCUT2D eigenvalue weighted by atomic mass is 10.1. The highest BCUT2D eigenvalue weighted by molar-refractivity contribution is 5.67. The zero-order valence-corrected chi connectivity index (χ0v) is 13.9. The van der Waals surface area contributed by atoms with Gasteiger partial charge in [-0.25, -0.2) is 4.98 Å². The molecule has 1 aromatic heterocycles. The normalized spacial score (nSPS) is 18.6. The zero-order chi connectivity index (χ0) is 16.9. The number of aromatic nitrogens is 2. The smallest absolute Gasteiger partial charge is 0.306 e. The molecule has 128 valence electrons. The van der Waals surface area contributed by atoms with Crippen molar-refractivity contribution >= 4 is 5.97 Å². The number of benzene rings is 1. The third-order valence-electron chi connectivity index (χ3n) is 4.40. The van der Waals surface area contributed by atoms with E-state index in [4.69, 9.17) is 9.84 Å². The van der Waals surface area contributed by atoms with Gasteiger partial charge < -0.3 is 14.4 Å². The Morgan fingerprint density at radius 2 is 2.17 bits per heavy atom. The summed E-state index contributed by atoms with van der Waals surface area (Å²) in [6.45, 7) is 2.72. The standard InChI is InChI=1S/C18H23N3O3/c1-20-15(9-14-5-3-2-4-6-14)11-19-17(20)13-21-7-8-24-16(12-21)10-18(22)23/h2-6,11,16H,7-10,12-13H2,1H3,(H,22,23). The molecule has 0 saturated carbocycles. The SMILES string of the molecule is Cn1c(Cc2ccccc2)cnc1CN1CCOC(CC(=O)O)C1. The first-order valence-corrected chi connectivity index (χ1v) is 8.21. The van der Waals surface area contributed by atoms with Crippen molar-refractivity contribution in [2.45, 2.75) is 25.5 Å². The van der Waals surface area contributed by atoms with Gasteiger partial charge in [0.1, 0.15) is 5.82 Å². The molecule has 2 aromatic rings. The second-order valence-corrected chi connectivity index (χ2v) is 6.21. The summed E-state index contributed by atoms with van der Waals surface area (Å²) in [5.41, 5.74) is 2.44. The summed E-state index contributed by atoms with van der Waals surface area (Å²) >= 11 is 0. The van der Waals surface area contributed by atoms with E-state index in [1.165, 1.54) is 11.3 Å². The van der Waals surface area contributed by atoms with Crippen molar-refractivity contribution in [3.05, 3.63) is 53.6 Å². The fourth-order valence-corrected chi connectivity index (χ4v) is 3.05. The highest BCUT2D eigenvalue weighted by Crippen LogP contribution is 2.15. The van der Waals surface area contributed by atoms with Crippen LogP contribution in [0, 0.1) is 0 Å². The van der Waals surface area contributed by atoms with Gasteiger partial charge in [-0.15, -0.1) is 0 Å². The Morgan fingerprint density at radius 1 is 1.38 bits per heavy atom. The van der Waals surface area contributed by atoms with Gasteiger partial charge in [-0.1, -0.05) is 30.3 Å². The van der Waals surface area contributed by atoms with E-state index in [-0.39, 0.29) is 12.5 Å². The molecule has 3 rings (SSSR count). The van der Waals surface area contributed by atoms with Crippen LogP contribution in [0.25, 0.3) is 0 Å². The first-order chi connectivity index (χ1) is 11.6. The molecule has 1 saturated heterocycles. The van der Waals surface area contributed by atoms with Crippen LogP contribution in [0.1, 0.15) is 23.5 Å². The Hall–Kier alpha value is -2.18. The molecular weight excluding hydrogens is 306 g/mol. The Kier molecular flexibility index (Phi) is 5.27. The second kappa shape index (κ2) is 7.59. The number of carbonyl (C=O) groups is 1. The summed E-state index contributed by atoms with van der Waals surface area (Å²) < 4.78 is 7.66. The topological polar surface area (TPSA) is 67.6 Å². The predicted molar refractivity (Wildman–Crippen MR) is 89.7 cm³/mol. The van der Waals surface area contributed by atoms with Crippen LogP contribution < -0.4 is 0 Å². The number of hydrogen-bond acceptors (Lipinski definition) is 4. The molecule has 2 heterocycles. The molecule has 0 bridgehead atoms. The highest BCUT2D eigenvalue weighted by Gasteiger charge is 2.23. The zero-order valence-electron chi connectivity index (χ0n) is 13.9. The van der Waals surface area contributed by atoms with Gasteiger partial charge in [0.2, 0.25) is 0 Å². The molecule has 1 fully saturated rings. The molecule has 1 N–H and O–H groups in total. The fraction of sp³-hybridized carbons (Fsp3) is 0.444. The van der Waals surface area contributed by atoms with Crippen molar-refractivity contribution < 1.29 is 14.6 Å². The van der Waals surface area contributed by atoms with Gasteiger partial charge >= 0.3 is 5.97 Å². The third-order valence-corrected chi connectivity index (χ3v) is 4.40. The molecule has 1 aliphatic rings. The van der Waals surface area contributed by atoms with E-state index >= 15 is 0 Å². The van der Waals surface area contributed by atoms with Crippen LogP contribution in [0.3, 0.4) is 0 Å². The lowest BCUT2D eigenvalue weighted by molar-refractivity contribution is -0.142. The molecule has 0 radical (unpaired) electrons. The maximum atomic E-state index is 10.8. The van der Waals surface area contributed by atoms with Gasteiger partial charge in [0.05, 0.1) is 25.7 Å². The van der Waals surface area contributed by atoms with Crippen LogP contribution in [-0.2, 0) is 29.5 Å². The van der Waals surface area contributed by atoms with Crippen LogP contribution in [0.2, 0.25) is 0 Å². The van der Waals surface area contributed by atoms with Crippen LogP contribution in [0.15, 0.2) is 36.5 Å². The summed E-state index contributed by atoms with van der Waals surface area (Å²) in [5.74, 6) is 0.181. The average Bonchev–Trinajstić information content (AvgIpc) is 2.89. The molecular formula is C18H23N3O3. The lowest BCUT2D eigenvalue weighted by Crippen LogP contribution is -2.43. The summed E-state index contributed by atoms with van der Waals surface area (Å²) in [4.78, 5) is 17.6. The van der Waals surface area contributed by atoms with Crippen molar-refractivity contribution in [3.63, 3.8) is 0 Å². The van der Waals surface area contributed by atoms with E-state index in [2.05, 4.69) is 26.6 Å². The largest absolute Gasteiger partial charge is 0.481 e. The van der Waals surface area contributed by atoms with E-state index in [1.807, 2.05) is 31.4 Å². The number of nitrogens with zero attached hydrogens (tertiary/aromatic N) is 3. The average molecular weight is 329 g/mol. The number of morpholine rings is 1. The van der Waals surface area contributed by atoms with Crippen molar-refractivity contribution in [2.24, 2.45) is 7.05 Å². The number of ether oxygens (including phenoxy) is 1. The Labute approximate surface area is 141 Å². The highest BCUT2D eigenvalue weighted by atomic mass is 16.5. The molecule has 1 aliphatic heterocycles. The molecule has 1 aromatic carbocycles. The Bertz CT molecular complexity index is 684. The van der Waals surface area contributed by atoms with Gasteiger partial charge in [0.15, 0.2) is 0 Å². The molecule has 0 spiro atoms. The van der Waals surface area contributed by atoms with Crippen molar-refractivity contribution in [3.8, 4) is 0 Å². The maximum absolute atomic E-state index is 10.8. The van der Waals surface area contributed by atoms with E-state index in [1.54, 1.807) is 0 Å². The fourth-order valence-electron chi connectivity index (χ4n) is 3.05. The van der Waals surface area contributed by atoms with Crippen molar-refractivity contribution in [2.75, 3.05) is 19.7 Å². The summed E-state index contributed by atoms with van der Waals surface area (Å²) in [7, 11) is 2.04. The molecule has 0 aliphatic carbocycles. The molecule has 6 heteroatoms. The Morgan fingerprint density at radius 3 is 2.92 bits per heavy atom. The molecule has 6 nitrogen and oxygen atoms in total. The van der Waals surface area contributed by atoms with Crippen LogP contribution in [-0.4, -0.2) is 51.3 Å².